The van der Waals surface area contributed by atoms with Gasteiger partial charge in [-0.1, -0.05) is 63.2 Å². The molecule has 3 nitrogen and oxygen atoms in total. The van der Waals surface area contributed by atoms with Crippen molar-refractivity contribution in [3.63, 3.8) is 0 Å². The molecular formula is C25H33NO2. The van der Waals surface area contributed by atoms with Gasteiger partial charge >= 0.3 is 0 Å². The number of rotatable bonds is 6. The van der Waals surface area contributed by atoms with E-state index in [0.29, 0.717) is 23.3 Å². The second-order valence-electron chi connectivity index (χ2n) is 8.97. The molecule has 1 saturated carbocycles. The van der Waals surface area contributed by atoms with Gasteiger partial charge in [0.2, 0.25) is 0 Å². The van der Waals surface area contributed by atoms with Crippen LogP contribution in [-0.2, 0) is 6.42 Å². The second kappa shape index (κ2) is 9.27. The molecule has 1 N–H and O–H groups in total. The lowest BCUT2D eigenvalue weighted by atomic mass is 9.71. The Balaban J connectivity index is 1.54. The summed E-state index contributed by atoms with van der Waals surface area (Å²) in [7, 11) is 0. The number of amides is 1. The molecule has 0 bridgehead atoms. The molecule has 3 heteroatoms. The van der Waals surface area contributed by atoms with Crippen molar-refractivity contribution in [3.05, 3.63) is 65.7 Å². The molecule has 1 amide bonds. The lowest BCUT2D eigenvalue weighted by Gasteiger charge is -2.37. The van der Waals surface area contributed by atoms with Crippen LogP contribution >= 0.6 is 0 Å². The fourth-order valence-corrected chi connectivity index (χ4v) is 4.07. The van der Waals surface area contributed by atoms with Crippen LogP contribution in [0.5, 0.6) is 5.75 Å². The fraction of sp³-hybridized carbons (Fsp3) is 0.480. The normalized spacial score (nSPS) is 19.8. The Morgan fingerprint density at radius 1 is 0.964 bits per heavy atom. The summed E-state index contributed by atoms with van der Waals surface area (Å²) in [6.45, 7) is 7.52. The molecule has 0 heterocycles. The highest BCUT2D eigenvalue weighted by molar-refractivity contribution is 5.97. The van der Waals surface area contributed by atoms with Crippen molar-refractivity contribution in [2.75, 3.05) is 6.61 Å². The summed E-state index contributed by atoms with van der Waals surface area (Å²) in [6.07, 6.45) is 5.32. The topological polar surface area (TPSA) is 38.3 Å². The molecule has 28 heavy (non-hydrogen) atoms. The molecule has 0 aliphatic heterocycles. The van der Waals surface area contributed by atoms with Gasteiger partial charge in [-0.05, 0) is 54.7 Å². The van der Waals surface area contributed by atoms with Gasteiger partial charge in [0.05, 0.1) is 12.2 Å². The maximum atomic E-state index is 12.9. The highest BCUT2D eigenvalue weighted by Crippen LogP contribution is 2.37. The number of para-hydroxylation sites is 1. The molecule has 0 unspecified atom stereocenters. The van der Waals surface area contributed by atoms with Gasteiger partial charge in [0.25, 0.3) is 5.91 Å². The predicted molar refractivity (Wildman–Crippen MR) is 115 cm³/mol. The monoisotopic (exact) mass is 379 g/mol. The highest BCUT2D eigenvalue weighted by atomic mass is 16.5. The van der Waals surface area contributed by atoms with Gasteiger partial charge in [0.1, 0.15) is 5.75 Å². The molecule has 0 saturated heterocycles. The van der Waals surface area contributed by atoms with Gasteiger partial charge in [-0.25, -0.2) is 0 Å². The van der Waals surface area contributed by atoms with Crippen molar-refractivity contribution in [1.82, 2.24) is 5.32 Å². The molecule has 150 valence electrons. The Labute approximate surface area is 169 Å². The number of carbonyl (C=O) groups excluding carboxylic acids is 1. The SMILES string of the molecule is CC(C)(C)C1CCC(NC(=O)c2ccccc2OCCc2ccccc2)CC1. The first-order chi connectivity index (χ1) is 13.4. The van der Waals surface area contributed by atoms with Gasteiger partial charge in [0.15, 0.2) is 0 Å². The van der Waals surface area contributed by atoms with Crippen LogP contribution in [0.15, 0.2) is 54.6 Å². The summed E-state index contributed by atoms with van der Waals surface area (Å²) >= 11 is 0. The average molecular weight is 380 g/mol. The minimum Gasteiger partial charge on any atom is -0.492 e. The van der Waals surface area contributed by atoms with Crippen LogP contribution in [0.1, 0.15) is 62.4 Å². The Morgan fingerprint density at radius 3 is 2.29 bits per heavy atom. The summed E-state index contributed by atoms with van der Waals surface area (Å²) < 4.78 is 5.95. The van der Waals surface area contributed by atoms with E-state index in [1.165, 1.54) is 18.4 Å². The van der Waals surface area contributed by atoms with Crippen LogP contribution < -0.4 is 10.1 Å². The molecule has 2 aromatic rings. The van der Waals surface area contributed by atoms with E-state index in [4.69, 9.17) is 4.74 Å². The molecule has 1 aliphatic rings. The van der Waals surface area contributed by atoms with E-state index in [0.717, 1.165) is 25.2 Å². The number of nitrogens with one attached hydrogen (secondary N) is 1. The lowest BCUT2D eigenvalue weighted by molar-refractivity contribution is 0.0900. The molecule has 0 atom stereocenters. The highest BCUT2D eigenvalue weighted by Gasteiger charge is 2.30. The van der Waals surface area contributed by atoms with Crippen molar-refractivity contribution in [3.8, 4) is 5.75 Å². The molecule has 1 fully saturated rings. The van der Waals surface area contributed by atoms with E-state index in [1.54, 1.807) is 0 Å². The summed E-state index contributed by atoms with van der Waals surface area (Å²) in [5.74, 6) is 1.39. The maximum Gasteiger partial charge on any atom is 0.255 e. The van der Waals surface area contributed by atoms with Crippen molar-refractivity contribution >= 4 is 5.91 Å². The number of hydrogen-bond acceptors (Lipinski definition) is 2. The summed E-state index contributed by atoms with van der Waals surface area (Å²) in [5.41, 5.74) is 2.22. The first-order valence-electron chi connectivity index (χ1n) is 10.5. The quantitative estimate of drug-likeness (QED) is 0.705. The first kappa shape index (κ1) is 20.4. The van der Waals surface area contributed by atoms with Gasteiger partial charge in [-0.2, -0.15) is 0 Å². The fourth-order valence-electron chi connectivity index (χ4n) is 4.07. The first-order valence-corrected chi connectivity index (χ1v) is 10.5. The van der Waals surface area contributed by atoms with Crippen molar-refractivity contribution in [2.24, 2.45) is 11.3 Å². The molecule has 0 spiro atoms. The Hall–Kier alpha value is -2.29. The van der Waals surface area contributed by atoms with Crippen molar-refractivity contribution < 1.29 is 9.53 Å². The van der Waals surface area contributed by atoms with E-state index < -0.39 is 0 Å². The van der Waals surface area contributed by atoms with Crippen LogP contribution in [0, 0.1) is 11.3 Å². The van der Waals surface area contributed by atoms with E-state index in [-0.39, 0.29) is 11.9 Å². The van der Waals surface area contributed by atoms with Crippen LogP contribution in [-0.4, -0.2) is 18.6 Å². The summed E-state index contributed by atoms with van der Waals surface area (Å²) in [6, 6.07) is 18.1. The van der Waals surface area contributed by atoms with E-state index in [9.17, 15) is 4.79 Å². The van der Waals surface area contributed by atoms with Crippen LogP contribution in [0.25, 0.3) is 0 Å². The zero-order valence-electron chi connectivity index (χ0n) is 17.4. The molecule has 0 radical (unpaired) electrons. The second-order valence-corrected chi connectivity index (χ2v) is 8.97. The standard InChI is InChI=1S/C25H33NO2/c1-25(2,3)20-13-15-21(16-14-20)26-24(27)22-11-7-8-12-23(22)28-18-17-19-9-5-4-6-10-19/h4-12,20-21H,13-18H2,1-3H3,(H,26,27). The largest absolute Gasteiger partial charge is 0.492 e. The number of carbonyl (C=O) groups is 1. The van der Waals surface area contributed by atoms with Crippen LogP contribution in [0.2, 0.25) is 0 Å². The molecule has 3 rings (SSSR count). The van der Waals surface area contributed by atoms with Gasteiger partial charge in [0, 0.05) is 12.5 Å². The van der Waals surface area contributed by atoms with Crippen LogP contribution in [0.4, 0.5) is 0 Å². The molecule has 0 aromatic heterocycles. The summed E-state index contributed by atoms with van der Waals surface area (Å²) in [4.78, 5) is 12.9. The zero-order valence-corrected chi connectivity index (χ0v) is 17.4. The van der Waals surface area contributed by atoms with Gasteiger partial charge < -0.3 is 10.1 Å². The zero-order chi connectivity index (χ0) is 20.0. The lowest BCUT2D eigenvalue weighted by Crippen LogP contribution is -2.39. The minimum atomic E-state index is -0.0190. The van der Waals surface area contributed by atoms with E-state index >= 15 is 0 Å². The smallest absolute Gasteiger partial charge is 0.255 e. The Bertz CT molecular complexity index is 756. The predicted octanol–water partition coefficient (Wildman–Crippen LogP) is 5.64. The van der Waals surface area contributed by atoms with Crippen LogP contribution in [0.3, 0.4) is 0 Å². The van der Waals surface area contributed by atoms with E-state index in [1.807, 2.05) is 42.5 Å². The molecule has 1 aliphatic carbocycles. The molecular weight excluding hydrogens is 346 g/mol. The Morgan fingerprint density at radius 2 is 1.61 bits per heavy atom. The number of ether oxygens (including phenoxy) is 1. The number of hydrogen-bond donors (Lipinski definition) is 1. The van der Waals surface area contributed by atoms with Crippen molar-refractivity contribution in [1.29, 1.82) is 0 Å². The van der Waals surface area contributed by atoms with E-state index in [2.05, 4.69) is 38.2 Å². The average Bonchev–Trinajstić information content (AvgIpc) is 2.69. The number of benzene rings is 2. The Kier molecular flexibility index (Phi) is 6.77. The third-order valence-corrected chi connectivity index (χ3v) is 5.91. The van der Waals surface area contributed by atoms with Crippen molar-refractivity contribution in [2.45, 2.75) is 58.9 Å². The van der Waals surface area contributed by atoms with Gasteiger partial charge in [-0.3, -0.25) is 4.79 Å². The minimum absolute atomic E-state index is 0.0190. The maximum absolute atomic E-state index is 12.9. The molecule has 2 aromatic carbocycles. The summed E-state index contributed by atoms with van der Waals surface area (Å²) in [5, 5.41) is 3.24. The van der Waals surface area contributed by atoms with Gasteiger partial charge in [-0.15, -0.1) is 0 Å². The third kappa shape index (κ3) is 5.60. The third-order valence-electron chi connectivity index (χ3n) is 5.91.